The summed E-state index contributed by atoms with van der Waals surface area (Å²) in [6.45, 7) is 7.75. The van der Waals surface area contributed by atoms with Gasteiger partial charge in [0.25, 0.3) is 11.1 Å². The molecule has 6 rings (SSSR count). The Kier molecular flexibility index (Phi) is 10.3. The number of methoxy groups -OCH3 is 2. The third-order valence-electron chi connectivity index (χ3n) is 8.06. The normalized spacial score (nSPS) is 13.7. The van der Waals surface area contributed by atoms with E-state index in [2.05, 4.69) is 9.97 Å². The van der Waals surface area contributed by atoms with Crippen LogP contribution in [0.25, 0.3) is 21.8 Å². The number of ether oxygens (including phenoxy) is 2. The van der Waals surface area contributed by atoms with E-state index >= 15 is 0 Å². The zero-order chi connectivity index (χ0) is 33.2. The Balaban J connectivity index is 0.000000181. The molecule has 2 aliphatic rings. The largest absolute Gasteiger partial charge is 0.495 e. The number of aromatic nitrogens is 2. The molecule has 0 spiro atoms. The summed E-state index contributed by atoms with van der Waals surface area (Å²) in [6, 6.07) is 7.64. The molecule has 0 amide bonds. The topological polar surface area (TPSA) is 155 Å². The molecule has 2 heterocycles. The lowest BCUT2D eigenvalue weighted by Crippen LogP contribution is -2.32. The Morgan fingerprint density at radius 3 is 1.24 bits per heavy atom. The molecule has 0 atom stereocenters. The van der Waals surface area contributed by atoms with Crippen molar-refractivity contribution in [2.24, 2.45) is 0 Å². The zero-order valence-electron chi connectivity index (χ0n) is 26.9. The fourth-order valence-corrected chi connectivity index (χ4v) is 10.1. The van der Waals surface area contributed by atoms with E-state index in [4.69, 9.17) is 27.6 Å². The van der Waals surface area contributed by atoms with Gasteiger partial charge in [-0.1, -0.05) is 12.1 Å². The first-order valence-corrected chi connectivity index (χ1v) is 18.5. The van der Waals surface area contributed by atoms with Gasteiger partial charge in [-0.2, -0.15) is 0 Å². The number of nitrogens with one attached hydrogen (secondary N) is 2. The number of aryl methyl sites for hydroxylation is 4. The van der Waals surface area contributed by atoms with Gasteiger partial charge >= 0.3 is 15.2 Å². The van der Waals surface area contributed by atoms with E-state index in [1.807, 2.05) is 24.3 Å². The maximum absolute atomic E-state index is 13.1. The highest BCUT2D eigenvalue weighted by Gasteiger charge is 2.38. The van der Waals surface area contributed by atoms with Gasteiger partial charge in [0, 0.05) is 10.8 Å². The molecule has 46 heavy (non-hydrogen) atoms. The highest BCUT2D eigenvalue weighted by Crippen LogP contribution is 2.50. The summed E-state index contributed by atoms with van der Waals surface area (Å²) in [5.74, 6) is 1.19. The molecule has 0 saturated heterocycles. The highest BCUT2D eigenvalue weighted by molar-refractivity contribution is 7.62. The number of hydrogen-bond acceptors (Lipinski definition) is 10. The Hall–Kier alpha value is -3.24. The SMILES string of the molecule is CCOP(=O)(OCC)c1c2c3c(ccc(OC)c3[nH]c1=O)CC2.CCOP(=O)(OCC)c1c2c3c(ccc(OC)c3[nH]c1=O)CC2. The third-order valence-corrected chi connectivity index (χ3v) is 12.5. The second kappa shape index (κ2) is 13.9. The summed E-state index contributed by atoms with van der Waals surface area (Å²) < 4.78 is 58.5. The van der Waals surface area contributed by atoms with Crippen molar-refractivity contribution in [3.05, 3.63) is 67.2 Å². The highest BCUT2D eigenvalue weighted by atomic mass is 31.2. The van der Waals surface area contributed by atoms with Crippen molar-refractivity contribution in [2.45, 2.75) is 53.4 Å². The smallest absolute Gasteiger partial charge is 0.367 e. The first-order chi connectivity index (χ1) is 22.1. The van der Waals surface area contributed by atoms with E-state index in [0.717, 1.165) is 45.9 Å². The van der Waals surface area contributed by atoms with Crippen molar-refractivity contribution in [1.82, 2.24) is 9.97 Å². The minimum Gasteiger partial charge on any atom is -0.495 e. The summed E-state index contributed by atoms with van der Waals surface area (Å²) in [5, 5.41) is 2.08. The van der Waals surface area contributed by atoms with E-state index in [1.54, 1.807) is 41.9 Å². The number of benzene rings is 2. The molecule has 0 radical (unpaired) electrons. The zero-order valence-corrected chi connectivity index (χ0v) is 28.7. The molecule has 2 N–H and O–H groups in total. The molecule has 2 aromatic heterocycles. The number of hydrogen-bond donors (Lipinski definition) is 2. The number of aromatic amines is 2. The predicted octanol–water partition coefficient (Wildman–Crippen LogP) is 5.05. The Morgan fingerprint density at radius 1 is 0.587 bits per heavy atom. The number of pyridine rings is 2. The average Bonchev–Trinajstić information content (AvgIpc) is 3.64. The van der Waals surface area contributed by atoms with Gasteiger partial charge in [-0.05, 0) is 87.8 Å². The average molecular weight is 675 g/mol. The molecule has 0 bridgehead atoms. The van der Waals surface area contributed by atoms with E-state index in [0.29, 0.717) is 35.4 Å². The van der Waals surface area contributed by atoms with Gasteiger partial charge in [0.1, 0.15) is 22.1 Å². The lowest BCUT2D eigenvalue weighted by atomic mass is 10.1. The number of rotatable bonds is 12. The van der Waals surface area contributed by atoms with Gasteiger partial charge in [0.2, 0.25) is 0 Å². The summed E-state index contributed by atoms with van der Waals surface area (Å²) >= 11 is 0. The van der Waals surface area contributed by atoms with E-state index in [1.165, 1.54) is 0 Å². The van der Waals surface area contributed by atoms with Crippen molar-refractivity contribution < 1.29 is 36.7 Å². The lowest BCUT2D eigenvalue weighted by molar-refractivity contribution is 0.228. The van der Waals surface area contributed by atoms with E-state index in [9.17, 15) is 18.7 Å². The molecule has 248 valence electrons. The first-order valence-electron chi connectivity index (χ1n) is 15.4. The van der Waals surface area contributed by atoms with Crippen LogP contribution in [0.15, 0.2) is 33.9 Å². The van der Waals surface area contributed by atoms with Crippen LogP contribution in [0.4, 0.5) is 0 Å². The summed E-state index contributed by atoms with van der Waals surface area (Å²) in [7, 11) is -4.17. The van der Waals surface area contributed by atoms with Gasteiger partial charge in [-0.25, -0.2) is 0 Å². The molecule has 4 aromatic rings. The lowest BCUT2D eigenvalue weighted by Gasteiger charge is -2.19. The first kappa shape index (κ1) is 34.1. The summed E-state index contributed by atoms with van der Waals surface area (Å²) in [6.07, 6.45) is 2.86. The molecule has 14 heteroatoms. The molecular formula is C32H40N2O10P2. The van der Waals surface area contributed by atoms with Crippen LogP contribution in [0.3, 0.4) is 0 Å². The van der Waals surface area contributed by atoms with Gasteiger partial charge in [0.05, 0.1) is 51.7 Å². The van der Waals surface area contributed by atoms with Gasteiger partial charge < -0.3 is 37.5 Å². The van der Waals surface area contributed by atoms with E-state index in [-0.39, 0.29) is 37.0 Å². The van der Waals surface area contributed by atoms with Gasteiger partial charge in [0.15, 0.2) is 0 Å². The maximum atomic E-state index is 13.1. The summed E-state index contributed by atoms with van der Waals surface area (Å²) in [5.41, 5.74) is 4.13. The van der Waals surface area contributed by atoms with Crippen molar-refractivity contribution in [3.63, 3.8) is 0 Å². The quantitative estimate of drug-likeness (QED) is 0.195. The van der Waals surface area contributed by atoms with Crippen LogP contribution in [0.2, 0.25) is 0 Å². The Bertz CT molecular complexity index is 1840. The van der Waals surface area contributed by atoms with E-state index < -0.39 is 26.3 Å². The molecule has 0 fully saturated rings. The minimum absolute atomic E-state index is 0.140. The molecule has 0 unspecified atom stereocenters. The van der Waals surface area contributed by atoms with Crippen molar-refractivity contribution in [2.75, 3.05) is 40.6 Å². The third kappa shape index (κ3) is 5.87. The Labute approximate surface area is 266 Å². The minimum atomic E-state index is -3.64. The maximum Gasteiger partial charge on any atom is 0.367 e. The van der Waals surface area contributed by atoms with Crippen LogP contribution < -0.4 is 31.2 Å². The van der Waals surface area contributed by atoms with Crippen LogP contribution in [-0.2, 0) is 52.9 Å². The van der Waals surface area contributed by atoms with Crippen LogP contribution in [0, 0.1) is 0 Å². The molecular weight excluding hydrogens is 634 g/mol. The monoisotopic (exact) mass is 674 g/mol. The summed E-state index contributed by atoms with van der Waals surface area (Å²) in [4.78, 5) is 30.9. The molecule has 2 aliphatic carbocycles. The fourth-order valence-electron chi connectivity index (χ4n) is 6.40. The van der Waals surface area contributed by atoms with Crippen LogP contribution in [0.1, 0.15) is 49.9 Å². The second-order valence-electron chi connectivity index (χ2n) is 10.6. The van der Waals surface area contributed by atoms with Gasteiger partial charge in [-0.3, -0.25) is 18.7 Å². The predicted molar refractivity (Wildman–Crippen MR) is 178 cm³/mol. The Morgan fingerprint density at radius 2 is 0.935 bits per heavy atom. The standard InChI is InChI=1S/2C16H20NO5P/c2*1-4-21-23(19,22-5-2)15-11-8-6-10-7-9-12(20-3)14(13(10)11)17-16(15)18/h2*7,9H,4-6,8H2,1-3H3,(H,17,18). The fraction of sp³-hybridized carbons (Fsp3) is 0.438. The molecule has 2 aromatic carbocycles. The number of H-pyrrole nitrogens is 2. The van der Waals surface area contributed by atoms with Crippen LogP contribution in [0.5, 0.6) is 11.5 Å². The molecule has 0 aliphatic heterocycles. The second-order valence-corrected chi connectivity index (χ2v) is 14.5. The van der Waals surface area contributed by atoms with Crippen molar-refractivity contribution >= 4 is 47.6 Å². The van der Waals surface area contributed by atoms with Gasteiger partial charge in [-0.15, -0.1) is 0 Å². The molecule has 12 nitrogen and oxygen atoms in total. The van der Waals surface area contributed by atoms with Crippen molar-refractivity contribution in [3.8, 4) is 11.5 Å². The van der Waals surface area contributed by atoms with Crippen LogP contribution in [-0.4, -0.2) is 50.6 Å². The van der Waals surface area contributed by atoms with Crippen molar-refractivity contribution in [1.29, 1.82) is 0 Å². The van der Waals surface area contributed by atoms with Crippen LogP contribution >= 0.6 is 15.2 Å². The molecule has 0 saturated carbocycles.